The third-order valence-corrected chi connectivity index (χ3v) is 7.44. The maximum Gasteiger partial charge on any atom is 0.263 e. The highest BCUT2D eigenvalue weighted by molar-refractivity contribution is 8.00. The maximum atomic E-state index is 13.3. The molecule has 1 saturated heterocycles. The van der Waals surface area contributed by atoms with Crippen LogP contribution in [0.25, 0.3) is 10.2 Å². The van der Waals surface area contributed by atoms with E-state index in [2.05, 4.69) is 5.32 Å². The summed E-state index contributed by atoms with van der Waals surface area (Å²) in [6, 6.07) is 0. The number of thioether (sulfide) groups is 1. The van der Waals surface area contributed by atoms with Crippen molar-refractivity contribution in [2.24, 2.45) is 0 Å². The van der Waals surface area contributed by atoms with Crippen molar-refractivity contribution in [3.63, 3.8) is 0 Å². The Morgan fingerprint density at radius 3 is 2.85 bits per heavy atom. The molecule has 3 heterocycles. The van der Waals surface area contributed by atoms with Gasteiger partial charge in [-0.15, -0.1) is 11.3 Å². The number of carbonyl (C=O) groups is 2. The molecule has 0 radical (unpaired) electrons. The summed E-state index contributed by atoms with van der Waals surface area (Å²) in [7, 11) is 1.59. The lowest BCUT2D eigenvalue weighted by Gasteiger charge is -2.21. The number of amides is 2. The van der Waals surface area contributed by atoms with Crippen molar-refractivity contribution in [3.05, 3.63) is 20.8 Å². The van der Waals surface area contributed by atoms with Gasteiger partial charge in [-0.1, -0.05) is 11.8 Å². The van der Waals surface area contributed by atoms with Gasteiger partial charge in [-0.3, -0.25) is 24.3 Å². The van der Waals surface area contributed by atoms with Crippen LogP contribution in [0.3, 0.4) is 0 Å². The first kappa shape index (κ1) is 18.6. The number of nitrogens with one attached hydrogen (secondary N) is 1. The molecule has 1 aliphatic heterocycles. The summed E-state index contributed by atoms with van der Waals surface area (Å²) in [5.74, 6) is -0.558. The largest absolute Gasteiger partial charge is 0.383 e. The molecule has 144 valence electrons. The van der Waals surface area contributed by atoms with Gasteiger partial charge in [-0.05, 0) is 37.7 Å². The van der Waals surface area contributed by atoms with Gasteiger partial charge in [0, 0.05) is 18.4 Å². The third kappa shape index (κ3) is 3.55. The average Bonchev–Trinajstić information content (AvgIpc) is 3.02. The van der Waals surface area contributed by atoms with E-state index in [-0.39, 0.29) is 17.4 Å². The Kier molecular flexibility index (Phi) is 5.34. The Bertz CT molecular complexity index is 966. The predicted octanol–water partition coefficient (Wildman–Crippen LogP) is 1.88. The van der Waals surface area contributed by atoms with Gasteiger partial charge in [-0.2, -0.15) is 0 Å². The molecule has 1 atom stereocenters. The summed E-state index contributed by atoms with van der Waals surface area (Å²) in [4.78, 5) is 43.6. The fourth-order valence-corrected chi connectivity index (χ4v) is 6.01. The molecule has 27 heavy (non-hydrogen) atoms. The topological polar surface area (TPSA) is 90.3 Å². The van der Waals surface area contributed by atoms with Gasteiger partial charge >= 0.3 is 0 Å². The van der Waals surface area contributed by atoms with Gasteiger partial charge in [0.15, 0.2) is 5.16 Å². The quantitative estimate of drug-likeness (QED) is 0.601. The van der Waals surface area contributed by atoms with E-state index in [0.717, 1.165) is 41.5 Å². The number of nitrogens with zero attached hydrogens (tertiary/aromatic N) is 2. The van der Waals surface area contributed by atoms with E-state index in [1.807, 2.05) is 0 Å². The highest BCUT2D eigenvalue weighted by Crippen LogP contribution is 2.35. The Hall–Kier alpha value is -1.71. The number of methoxy groups -OCH3 is 1. The molecule has 2 aromatic heterocycles. The molecule has 1 N–H and O–H groups in total. The second-order valence-corrected chi connectivity index (χ2v) is 9.05. The second kappa shape index (κ2) is 7.73. The number of rotatable bonds is 5. The molecule has 2 aliphatic rings. The Balaban J connectivity index is 1.77. The van der Waals surface area contributed by atoms with Crippen LogP contribution in [0.2, 0.25) is 0 Å². The Morgan fingerprint density at radius 1 is 1.26 bits per heavy atom. The van der Waals surface area contributed by atoms with Crippen LogP contribution in [0.15, 0.2) is 9.95 Å². The number of aryl methyl sites for hydroxylation is 2. The number of fused-ring (bicyclic) bond motifs is 3. The second-order valence-electron chi connectivity index (χ2n) is 6.79. The van der Waals surface area contributed by atoms with Crippen molar-refractivity contribution in [1.82, 2.24) is 14.9 Å². The number of aromatic nitrogens is 2. The van der Waals surface area contributed by atoms with Gasteiger partial charge < -0.3 is 4.74 Å². The van der Waals surface area contributed by atoms with Gasteiger partial charge in [0.05, 0.1) is 23.8 Å². The van der Waals surface area contributed by atoms with Crippen molar-refractivity contribution in [1.29, 1.82) is 0 Å². The molecule has 7 nitrogen and oxygen atoms in total. The molecule has 4 rings (SSSR count). The van der Waals surface area contributed by atoms with Crippen LogP contribution < -0.4 is 10.9 Å². The zero-order valence-corrected chi connectivity index (χ0v) is 16.7. The zero-order chi connectivity index (χ0) is 19.0. The highest BCUT2D eigenvalue weighted by Gasteiger charge is 2.30. The fourth-order valence-electron chi connectivity index (χ4n) is 3.60. The van der Waals surface area contributed by atoms with Crippen molar-refractivity contribution in [2.75, 3.05) is 13.7 Å². The van der Waals surface area contributed by atoms with Crippen LogP contribution in [0.4, 0.5) is 0 Å². The summed E-state index contributed by atoms with van der Waals surface area (Å²) in [6.07, 6.45) is 4.94. The standard InChI is InChI=1S/C18H21N3O4S2/c1-25-9-8-21-17(24)14-10-4-2-3-5-11(10)26-16(14)20-18(21)27-12-6-7-13(22)19-15(12)23/h12H,2-9H2,1H3,(H,19,22,23). The molecule has 1 unspecified atom stereocenters. The van der Waals surface area contributed by atoms with E-state index in [4.69, 9.17) is 9.72 Å². The van der Waals surface area contributed by atoms with E-state index in [1.165, 1.54) is 16.6 Å². The maximum absolute atomic E-state index is 13.3. The van der Waals surface area contributed by atoms with Gasteiger partial charge in [0.25, 0.3) is 5.56 Å². The Morgan fingerprint density at radius 2 is 2.07 bits per heavy atom. The number of imide groups is 1. The minimum atomic E-state index is -0.421. The SMILES string of the molecule is COCCn1c(SC2CCC(=O)NC2=O)nc2sc3c(c2c1=O)CCCC3. The lowest BCUT2D eigenvalue weighted by molar-refractivity contribution is -0.132. The fraction of sp³-hybridized carbons (Fsp3) is 0.556. The number of ether oxygens (including phenoxy) is 1. The van der Waals surface area contributed by atoms with Crippen LogP contribution in [0.1, 0.15) is 36.1 Å². The van der Waals surface area contributed by atoms with Crippen LogP contribution in [0, 0.1) is 0 Å². The minimum absolute atomic E-state index is 0.0498. The van der Waals surface area contributed by atoms with E-state index >= 15 is 0 Å². The number of piperidine rings is 1. The number of carbonyl (C=O) groups excluding carboxylic acids is 2. The monoisotopic (exact) mass is 407 g/mol. The first-order valence-corrected chi connectivity index (χ1v) is 10.8. The first-order valence-electron chi connectivity index (χ1n) is 9.13. The summed E-state index contributed by atoms with van der Waals surface area (Å²) in [5, 5.41) is 3.21. The highest BCUT2D eigenvalue weighted by atomic mass is 32.2. The van der Waals surface area contributed by atoms with Crippen LogP contribution in [0.5, 0.6) is 0 Å². The summed E-state index contributed by atoms with van der Waals surface area (Å²) in [5.41, 5.74) is 1.11. The minimum Gasteiger partial charge on any atom is -0.383 e. The molecule has 2 amide bonds. The Labute approximate surface area is 164 Å². The summed E-state index contributed by atoms with van der Waals surface area (Å²) < 4.78 is 6.80. The first-order chi connectivity index (χ1) is 13.1. The third-order valence-electron chi connectivity index (χ3n) is 5.00. The van der Waals surface area contributed by atoms with Crippen molar-refractivity contribution in [3.8, 4) is 0 Å². The normalized spacial score (nSPS) is 20.0. The summed E-state index contributed by atoms with van der Waals surface area (Å²) in [6.45, 7) is 0.779. The number of thiophene rings is 1. The molecule has 0 saturated carbocycles. The molecule has 0 spiro atoms. The van der Waals surface area contributed by atoms with Crippen molar-refractivity contribution >= 4 is 45.1 Å². The lowest BCUT2D eigenvalue weighted by atomic mass is 9.97. The molecule has 0 aromatic carbocycles. The van der Waals surface area contributed by atoms with E-state index in [9.17, 15) is 14.4 Å². The number of hydrogen-bond acceptors (Lipinski definition) is 7. The molecular weight excluding hydrogens is 386 g/mol. The molecule has 9 heteroatoms. The van der Waals surface area contributed by atoms with E-state index in [1.54, 1.807) is 23.0 Å². The van der Waals surface area contributed by atoms with E-state index in [0.29, 0.717) is 31.1 Å². The van der Waals surface area contributed by atoms with Gasteiger partial charge in [-0.25, -0.2) is 4.98 Å². The van der Waals surface area contributed by atoms with E-state index < -0.39 is 5.25 Å². The molecule has 1 fully saturated rings. The lowest BCUT2D eigenvalue weighted by Crippen LogP contribution is -2.42. The molecule has 2 aromatic rings. The zero-order valence-electron chi connectivity index (χ0n) is 15.1. The van der Waals surface area contributed by atoms with Crippen molar-refractivity contribution in [2.45, 2.75) is 55.5 Å². The average molecular weight is 408 g/mol. The van der Waals surface area contributed by atoms with Crippen molar-refractivity contribution < 1.29 is 14.3 Å². The smallest absolute Gasteiger partial charge is 0.263 e. The van der Waals surface area contributed by atoms with Crippen LogP contribution >= 0.6 is 23.1 Å². The van der Waals surface area contributed by atoms with Crippen LogP contribution in [-0.2, 0) is 33.7 Å². The van der Waals surface area contributed by atoms with Crippen LogP contribution in [-0.4, -0.2) is 40.3 Å². The molecular formula is C18H21N3O4S2. The molecule has 1 aliphatic carbocycles. The molecule has 0 bridgehead atoms. The van der Waals surface area contributed by atoms with Gasteiger partial charge in [0.1, 0.15) is 4.83 Å². The van der Waals surface area contributed by atoms with Gasteiger partial charge in [0.2, 0.25) is 11.8 Å². The number of hydrogen-bond donors (Lipinski definition) is 1. The predicted molar refractivity (Wildman–Crippen MR) is 104 cm³/mol. The summed E-state index contributed by atoms with van der Waals surface area (Å²) >= 11 is 2.87.